The number of hydrogen-bond donors (Lipinski definition) is 2. The van der Waals surface area contributed by atoms with Crippen molar-refractivity contribution >= 4 is 31.9 Å². The number of rotatable bonds is 0. The summed E-state index contributed by atoms with van der Waals surface area (Å²) in [7, 11) is 0. The van der Waals surface area contributed by atoms with Crippen LogP contribution in [0.1, 0.15) is 0 Å². The molecule has 112 valence electrons. The van der Waals surface area contributed by atoms with E-state index < -0.39 is 0 Å². The standard InChI is InChI=1S/2C9H7NO.Be.2H/c2*11-8-5-1-3-7-4-2-6-10-9(7)8;;;/h2*1-6,11H;;;. The Hall–Kier alpha value is -2.97. The van der Waals surface area contributed by atoms with Gasteiger partial charge in [0, 0.05) is 23.2 Å². The van der Waals surface area contributed by atoms with Crippen LogP contribution < -0.4 is 0 Å². The number of phenols is 2. The van der Waals surface area contributed by atoms with Gasteiger partial charge in [-0.3, -0.25) is 9.97 Å². The zero-order valence-electron chi connectivity index (χ0n) is 11.7. The number of nitrogens with zero attached hydrogens (tertiary/aromatic N) is 2. The maximum atomic E-state index is 9.31. The maximum absolute atomic E-state index is 9.31. The van der Waals surface area contributed by atoms with Gasteiger partial charge in [-0.2, -0.15) is 0 Å². The van der Waals surface area contributed by atoms with Crippen molar-refractivity contribution in [3.63, 3.8) is 0 Å². The molecule has 2 heterocycles. The molecule has 4 rings (SSSR count). The van der Waals surface area contributed by atoms with Gasteiger partial charge in [0.2, 0.25) is 0 Å². The first-order chi connectivity index (χ1) is 10.8. The van der Waals surface area contributed by atoms with Gasteiger partial charge in [0.1, 0.15) is 22.5 Å². The molecule has 23 heavy (non-hydrogen) atoms. The molecular formula is C18H16BeN2O2. The number of pyridine rings is 2. The third kappa shape index (κ3) is 3.62. The molecule has 4 nitrogen and oxygen atoms in total. The molecule has 0 aliphatic rings. The van der Waals surface area contributed by atoms with E-state index in [0.29, 0.717) is 11.0 Å². The van der Waals surface area contributed by atoms with E-state index in [1.54, 1.807) is 36.7 Å². The van der Waals surface area contributed by atoms with Gasteiger partial charge in [-0.1, -0.05) is 36.4 Å². The number of aromatic nitrogens is 2. The Morgan fingerprint density at radius 1 is 0.565 bits per heavy atom. The summed E-state index contributed by atoms with van der Waals surface area (Å²) in [5, 5.41) is 20.5. The Balaban J connectivity index is 0.000000160. The minimum atomic E-state index is 0. The number of para-hydroxylation sites is 2. The number of phenolic OH excluding ortho intramolecular Hbond substituents is 2. The Bertz CT molecular complexity index is 841. The molecule has 0 radical (unpaired) electrons. The van der Waals surface area contributed by atoms with Crippen molar-refractivity contribution in [2.45, 2.75) is 0 Å². The van der Waals surface area contributed by atoms with Crippen LogP contribution in [-0.2, 0) is 0 Å². The summed E-state index contributed by atoms with van der Waals surface area (Å²) in [5.74, 6) is 0.478. The number of aromatic hydroxyl groups is 2. The van der Waals surface area contributed by atoms with Crippen LogP contribution in [0.4, 0.5) is 0 Å². The molecule has 2 N–H and O–H groups in total. The molecule has 5 heteroatoms. The van der Waals surface area contributed by atoms with E-state index in [1.165, 1.54) is 0 Å². The zero-order valence-corrected chi connectivity index (χ0v) is 11.7. The second kappa shape index (κ2) is 7.34. The van der Waals surface area contributed by atoms with E-state index >= 15 is 0 Å². The SMILES string of the molecule is Oc1cccc2cccnc12.Oc1cccc2cccnc12.[BeH2]. The van der Waals surface area contributed by atoms with Crippen molar-refractivity contribution in [2.75, 3.05) is 0 Å². The van der Waals surface area contributed by atoms with Crippen LogP contribution >= 0.6 is 0 Å². The molecule has 0 spiro atoms. The molecule has 0 bridgehead atoms. The van der Waals surface area contributed by atoms with Crippen LogP contribution in [0.15, 0.2) is 73.1 Å². The average Bonchev–Trinajstić information content (AvgIpc) is 2.57. The molecule has 0 fully saturated rings. The molecule has 0 atom stereocenters. The summed E-state index contributed by atoms with van der Waals surface area (Å²) < 4.78 is 0. The number of fused-ring (bicyclic) bond motifs is 2. The Labute approximate surface area is 137 Å². The van der Waals surface area contributed by atoms with Crippen LogP contribution in [0.3, 0.4) is 0 Å². The quantitative estimate of drug-likeness (QED) is 0.490. The summed E-state index contributed by atoms with van der Waals surface area (Å²) in [4.78, 5) is 8.06. The molecule has 2 aromatic heterocycles. The van der Waals surface area contributed by atoms with Crippen LogP contribution in [0.2, 0.25) is 0 Å². The van der Waals surface area contributed by atoms with Gasteiger partial charge < -0.3 is 10.2 Å². The topological polar surface area (TPSA) is 66.2 Å². The van der Waals surface area contributed by atoms with Crippen LogP contribution in [-0.4, -0.2) is 30.3 Å². The Morgan fingerprint density at radius 3 is 1.35 bits per heavy atom. The van der Waals surface area contributed by atoms with E-state index in [0.717, 1.165) is 10.8 Å². The van der Waals surface area contributed by atoms with Crippen LogP contribution in [0, 0.1) is 0 Å². The van der Waals surface area contributed by atoms with Crippen molar-refractivity contribution in [1.29, 1.82) is 0 Å². The van der Waals surface area contributed by atoms with Gasteiger partial charge >= 0.3 is 10.1 Å². The van der Waals surface area contributed by atoms with Gasteiger partial charge in [0.15, 0.2) is 0 Å². The molecule has 0 unspecified atom stereocenters. The monoisotopic (exact) mass is 301 g/mol. The third-order valence-electron chi connectivity index (χ3n) is 3.22. The van der Waals surface area contributed by atoms with Gasteiger partial charge in [-0.15, -0.1) is 0 Å². The minimum absolute atomic E-state index is 0. The summed E-state index contributed by atoms with van der Waals surface area (Å²) in [6.45, 7) is 0. The first kappa shape index (κ1) is 16.4. The molecule has 0 saturated carbocycles. The van der Waals surface area contributed by atoms with Crippen molar-refractivity contribution in [3.05, 3.63) is 73.1 Å². The summed E-state index contributed by atoms with van der Waals surface area (Å²) in [6, 6.07) is 18.3. The first-order valence-corrected chi connectivity index (χ1v) is 6.81. The van der Waals surface area contributed by atoms with E-state index in [4.69, 9.17) is 0 Å². The average molecular weight is 301 g/mol. The van der Waals surface area contributed by atoms with Gasteiger partial charge in [-0.05, 0) is 24.3 Å². The van der Waals surface area contributed by atoms with Gasteiger partial charge in [0.05, 0.1) is 0 Å². The van der Waals surface area contributed by atoms with Crippen molar-refractivity contribution in [1.82, 2.24) is 9.97 Å². The van der Waals surface area contributed by atoms with Crippen LogP contribution in [0.5, 0.6) is 11.5 Å². The van der Waals surface area contributed by atoms with Crippen molar-refractivity contribution in [3.8, 4) is 11.5 Å². The van der Waals surface area contributed by atoms with Gasteiger partial charge in [-0.25, -0.2) is 0 Å². The van der Waals surface area contributed by atoms with E-state index in [1.807, 2.05) is 36.4 Å². The third-order valence-corrected chi connectivity index (χ3v) is 3.22. The van der Waals surface area contributed by atoms with Crippen molar-refractivity contribution in [2.24, 2.45) is 0 Å². The predicted molar refractivity (Wildman–Crippen MR) is 95.4 cm³/mol. The molecule has 0 aliphatic carbocycles. The normalized spacial score (nSPS) is 9.74. The summed E-state index contributed by atoms with van der Waals surface area (Å²) in [5.41, 5.74) is 1.32. The first-order valence-electron chi connectivity index (χ1n) is 6.81. The Kier molecular flexibility index (Phi) is 5.23. The van der Waals surface area contributed by atoms with Crippen LogP contribution in [0.25, 0.3) is 21.8 Å². The van der Waals surface area contributed by atoms with Gasteiger partial charge in [0.25, 0.3) is 0 Å². The number of benzene rings is 2. The van der Waals surface area contributed by atoms with E-state index in [-0.39, 0.29) is 21.6 Å². The Morgan fingerprint density at radius 2 is 0.957 bits per heavy atom. The fourth-order valence-electron chi connectivity index (χ4n) is 2.18. The molecule has 0 aliphatic heterocycles. The molecular weight excluding hydrogens is 285 g/mol. The predicted octanol–water partition coefficient (Wildman–Crippen LogP) is 2.96. The number of hydrogen-bond acceptors (Lipinski definition) is 4. The molecule has 0 amide bonds. The molecule has 0 saturated heterocycles. The van der Waals surface area contributed by atoms with E-state index in [2.05, 4.69) is 9.97 Å². The molecule has 2 aromatic carbocycles. The second-order valence-corrected chi connectivity index (χ2v) is 4.70. The fourth-order valence-corrected chi connectivity index (χ4v) is 2.18. The van der Waals surface area contributed by atoms with E-state index in [9.17, 15) is 10.2 Å². The summed E-state index contributed by atoms with van der Waals surface area (Å²) >= 11 is 0. The van der Waals surface area contributed by atoms with Crippen molar-refractivity contribution < 1.29 is 10.2 Å². The zero-order chi connectivity index (χ0) is 15.4. The summed E-state index contributed by atoms with van der Waals surface area (Å²) in [6.07, 6.45) is 3.34. The fraction of sp³-hybridized carbons (Fsp3) is 0. The second-order valence-electron chi connectivity index (χ2n) is 4.70. The molecule has 4 aromatic rings.